The maximum Gasteiger partial charge on any atom is 0.223 e. The molecule has 0 saturated heterocycles. The average molecular weight is 244 g/mol. The Kier molecular flexibility index (Phi) is 5.94. The van der Waals surface area contributed by atoms with E-state index in [1.54, 1.807) is 0 Å². The van der Waals surface area contributed by atoms with Crippen molar-refractivity contribution in [3.63, 3.8) is 0 Å². The van der Waals surface area contributed by atoms with Gasteiger partial charge in [-0.25, -0.2) is 0 Å². The van der Waals surface area contributed by atoms with Crippen molar-refractivity contribution in [3.8, 4) is 0 Å². The van der Waals surface area contributed by atoms with Gasteiger partial charge in [-0.2, -0.15) is 0 Å². The highest BCUT2D eigenvalue weighted by Gasteiger charge is 2.22. The molecule has 0 aliphatic rings. The molecule has 0 aromatic rings. The van der Waals surface area contributed by atoms with Crippen LogP contribution in [0.3, 0.4) is 0 Å². The van der Waals surface area contributed by atoms with E-state index in [4.69, 9.17) is 18.0 Å². The first-order chi connectivity index (χ1) is 7.13. The highest BCUT2D eigenvalue weighted by Crippen LogP contribution is 2.20. The second-order valence-corrected chi connectivity index (χ2v) is 6.16. The molecule has 0 aromatic carbocycles. The molecular weight excluding hydrogens is 220 g/mol. The summed E-state index contributed by atoms with van der Waals surface area (Å²) < 4.78 is 0. The molecule has 1 amide bonds. The fourth-order valence-corrected chi connectivity index (χ4v) is 1.55. The van der Waals surface area contributed by atoms with Gasteiger partial charge in [0.15, 0.2) is 0 Å². The van der Waals surface area contributed by atoms with E-state index in [0.717, 1.165) is 0 Å². The highest BCUT2D eigenvalue weighted by atomic mass is 32.1. The number of carbonyl (C=O) groups excluding carboxylic acids is 1. The molecule has 0 unspecified atom stereocenters. The number of rotatable bonds is 5. The summed E-state index contributed by atoms with van der Waals surface area (Å²) in [5, 5.41) is 0. The molecule has 94 valence electrons. The first-order valence-electron chi connectivity index (χ1n) is 5.71. The van der Waals surface area contributed by atoms with Crippen LogP contribution in [-0.4, -0.2) is 28.4 Å². The molecule has 0 rings (SSSR count). The smallest absolute Gasteiger partial charge is 0.223 e. The molecule has 0 aliphatic carbocycles. The summed E-state index contributed by atoms with van der Waals surface area (Å²) in [5.41, 5.74) is 5.48. The zero-order valence-corrected chi connectivity index (χ0v) is 11.9. The third-order valence-electron chi connectivity index (χ3n) is 2.22. The normalized spacial score (nSPS) is 11.6. The summed E-state index contributed by atoms with van der Waals surface area (Å²) in [5.74, 6) is 0.179. The van der Waals surface area contributed by atoms with Crippen LogP contribution in [0.4, 0.5) is 0 Å². The molecule has 4 heteroatoms. The van der Waals surface area contributed by atoms with Crippen molar-refractivity contribution in [1.82, 2.24) is 4.90 Å². The fraction of sp³-hybridized carbons (Fsp3) is 0.833. The van der Waals surface area contributed by atoms with E-state index in [9.17, 15) is 4.79 Å². The lowest BCUT2D eigenvalue weighted by Crippen LogP contribution is -2.40. The summed E-state index contributed by atoms with van der Waals surface area (Å²) in [6, 6.07) is 0.198. The van der Waals surface area contributed by atoms with Gasteiger partial charge in [0.25, 0.3) is 0 Å². The van der Waals surface area contributed by atoms with Gasteiger partial charge < -0.3 is 10.6 Å². The lowest BCUT2D eigenvalue weighted by molar-refractivity contribution is -0.134. The highest BCUT2D eigenvalue weighted by molar-refractivity contribution is 7.80. The minimum atomic E-state index is 0.0213. The van der Waals surface area contributed by atoms with Crippen LogP contribution in [0.25, 0.3) is 0 Å². The number of amides is 1. The van der Waals surface area contributed by atoms with E-state index in [2.05, 4.69) is 20.8 Å². The van der Waals surface area contributed by atoms with Crippen molar-refractivity contribution in [1.29, 1.82) is 0 Å². The van der Waals surface area contributed by atoms with Gasteiger partial charge in [-0.3, -0.25) is 4.79 Å². The van der Waals surface area contributed by atoms with Crippen molar-refractivity contribution >= 4 is 23.1 Å². The number of thiocarbonyl (C=S) groups is 1. The first kappa shape index (κ1) is 15.4. The quantitative estimate of drug-likeness (QED) is 0.755. The van der Waals surface area contributed by atoms with Crippen molar-refractivity contribution in [3.05, 3.63) is 0 Å². The van der Waals surface area contributed by atoms with Crippen LogP contribution in [0, 0.1) is 5.41 Å². The molecule has 0 heterocycles. The topological polar surface area (TPSA) is 46.3 Å². The third kappa shape index (κ3) is 6.77. The largest absolute Gasteiger partial charge is 0.393 e. The fourth-order valence-electron chi connectivity index (χ4n) is 1.46. The minimum absolute atomic E-state index is 0.0213. The number of nitrogens with two attached hydrogens (primary N) is 1. The van der Waals surface area contributed by atoms with E-state index in [1.165, 1.54) is 0 Å². The molecule has 16 heavy (non-hydrogen) atoms. The Hall–Kier alpha value is -0.640. The first-order valence-corrected chi connectivity index (χ1v) is 6.12. The molecule has 0 saturated carbocycles. The Labute approximate surface area is 104 Å². The summed E-state index contributed by atoms with van der Waals surface area (Å²) >= 11 is 4.84. The van der Waals surface area contributed by atoms with Crippen LogP contribution in [0.2, 0.25) is 0 Å². The number of hydrogen-bond acceptors (Lipinski definition) is 2. The molecule has 0 bridgehead atoms. The van der Waals surface area contributed by atoms with Crippen molar-refractivity contribution in [2.45, 2.75) is 53.5 Å². The zero-order chi connectivity index (χ0) is 12.9. The lowest BCUT2D eigenvalue weighted by Gasteiger charge is -2.29. The molecule has 0 aromatic heterocycles. The Morgan fingerprint density at radius 2 is 1.88 bits per heavy atom. The van der Waals surface area contributed by atoms with Crippen LogP contribution < -0.4 is 5.73 Å². The Morgan fingerprint density at radius 3 is 2.19 bits per heavy atom. The zero-order valence-electron chi connectivity index (χ0n) is 11.0. The van der Waals surface area contributed by atoms with Crippen LogP contribution in [0.5, 0.6) is 0 Å². The van der Waals surface area contributed by atoms with Gasteiger partial charge in [0.2, 0.25) is 5.91 Å². The van der Waals surface area contributed by atoms with Gasteiger partial charge in [0.05, 0.1) is 4.99 Å². The van der Waals surface area contributed by atoms with Gasteiger partial charge >= 0.3 is 0 Å². The summed E-state index contributed by atoms with van der Waals surface area (Å²) in [6.45, 7) is 10.9. The van der Waals surface area contributed by atoms with Crippen LogP contribution in [0.15, 0.2) is 0 Å². The second-order valence-electron chi connectivity index (χ2n) is 5.63. The minimum Gasteiger partial charge on any atom is -0.393 e. The SMILES string of the molecule is CC(C)N(CCC(N)=S)C(=O)CC(C)(C)C. The number of nitrogens with zero attached hydrogens (tertiary/aromatic N) is 1. The average Bonchev–Trinajstić information content (AvgIpc) is 1.98. The standard InChI is InChI=1S/C12H24N2OS/c1-9(2)14(7-6-10(13)16)11(15)8-12(3,4)5/h9H,6-8H2,1-5H3,(H2,13,16). The summed E-state index contributed by atoms with van der Waals surface area (Å²) in [7, 11) is 0. The third-order valence-corrected chi connectivity index (χ3v) is 2.43. The van der Waals surface area contributed by atoms with E-state index in [1.807, 2.05) is 18.7 Å². The van der Waals surface area contributed by atoms with E-state index >= 15 is 0 Å². The summed E-state index contributed by atoms with van der Waals surface area (Å²) in [6.07, 6.45) is 1.16. The molecule has 2 N–H and O–H groups in total. The van der Waals surface area contributed by atoms with Crippen molar-refractivity contribution in [2.75, 3.05) is 6.54 Å². The second kappa shape index (κ2) is 6.18. The molecule has 0 radical (unpaired) electrons. The molecule has 3 nitrogen and oxygen atoms in total. The Balaban J connectivity index is 4.42. The molecule has 0 spiro atoms. The predicted octanol–water partition coefficient (Wildman–Crippen LogP) is 2.34. The Morgan fingerprint density at radius 1 is 1.38 bits per heavy atom. The number of carbonyl (C=O) groups is 1. The molecule has 0 fully saturated rings. The van der Waals surface area contributed by atoms with Gasteiger partial charge in [-0.15, -0.1) is 0 Å². The van der Waals surface area contributed by atoms with E-state index in [-0.39, 0.29) is 17.4 Å². The maximum absolute atomic E-state index is 12.1. The van der Waals surface area contributed by atoms with Crippen molar-refractivity contribution < 1.29 is 4.79 Å². The van der Waals surface area contributed by atoms with Crippen LogP contribution in [-0.2, 0) is 4.79 Å². The van der Waals surface area contributed by atoms with Crippen LogP contribution in [0.1, 0.15) is 47.5 Å². The monoisotopic (exact) mass is 244 g/mol. The molecule has 0 atom stereocenters. The predicted molar refractivity (Wildman–Crippen MR) is 72.3 cm³/mol. The molecular formula is C12H24N2OS. The van der Waals surface area contributed by atoms with Gasteiger partial charge in [-0.05, 0) is 19.3 Å². The lowest BCUT2D eigenvalue weighted by atomic mass is 9.91. The van der Waals surface area contributed by atoms with Gasteiger partial charge in [0, 0.05) is 25.4 Å². The summed E-state index contributed by atoms with van der Waals surface area (Å²) in [4.78, 5) is 14.4. The maximum atomic E-state index is 12.1. The molecule has 0 aliphatic heterocycles. The van der Waals surface area contributed by atoms with Crippen LogP contribution >= 0.6 is 12.2 Å². The number of hydrogen-bond donors (Lipinski definition) is 1. The Bertz CT molecular complexity index is 256. The van der Waals surface area contributed by atoms with Crippen molar-refractivity contribution in [2.24, 2.45) is 11.1 Å². The van der Waals surface area contributed by atoms with Gasteiger partial charge in [-0.1, -0.05) is 33.0 Å². The van der Waals surface area contributed by atoms with Gasteiger partial charge in [0.1, 0.15) is 0 Å². The van der Waals surface area contributed by atoms with E-state index in [0.29, 0.717) is 24.4 Å². The van der Waals surface area contributed by atoms with E-state index < -0.39 is 0 Å².